The first kappa shape index (κ1) is 18.1. The molecule has 0 aromatic heterocycles. The minimum absolute atomic E-state index is 0.00925. The molecule has 1 atom stereocenters. The van der Waals surface area contributed by atoms with Crippen molar-refractivity contribution < 1.29 is 14.0 Å². The standard InChI is InChI=1S/C20H22FN3O2/c1-13(16-11-22-12-16)19(25)24-18-8-4-15(5-9-18)20(26)23-10-14-2-6-17(21)7-3-14/h2-9,13,16,22H,10-12H2,1H3,(H,23,26)(H,24,25). The number of carbonyl (C=O) groups excluding carboxylic acids is 2. The van der Waals surface area contributed by atoms with Gasteiger partial charge in [-0.2, -0.15) is 0 Å². The predicted octanol–water partition coefficient (Wildman–Crippen LogP) is 2.55. The van der Waals surface area contributed by atoms with Crippen LogP contribution in [-0.4, -0.2) is 24.9 Å². The SMILES string of the molecule is CC(C(=O)Nc1ccc(C(=O)NCc2ccc(F)cc2)cc1)C1CNC1. The molecular formula is C20H22FN3O2. The minimum Gasteiger partial charge on any atom is -0.348 e. The number of hydrogen-bond acceptors (Lipinski definition) is 3. The summed E-state index contributed by atoms with van der Waals surface area (Å²) in [6, 6.07) is 12.8. The van der Waals surface area contributed by atoms with Gasteiger partial charge in [-0.3, -0.25) is 9.59 Å². The molecule has 6 heteroatoms. The molecule has 3 rings (SSSR count). The summed E-state index contributed by atoms with van der Waals surface area (Å²) < 4.78 is 12.9. The first-order valence-corrected chi connectivity index (χ1v) is 8.67. The molecule has 3 N–H and O–H groups in total. The number of amides is 2. The highest BCUT2D eigenvalue weighted by Crippen LogP contribution is 2.18. The molecule has 26 heavy (non-hydrogen) atoms. The van der Waals surface area contributed by atoms with E-state index < -0.39 is 0 Å². The van der Waals surface area contributed by atoms with Crippen LogP contribution in [0.1, 0.15) is 22.8 Å². The third-order valence-electron chi connectivity index (χ3n) is 4.71. The zero-order valence-corrected chi connectivity index (χ0v) is 14.6. The van der Waals surface area contributed by atoms with E-state index in [0.29, 0.717) is 23.7 Å². The van der Waals surface area contributed by atoms with Crippen LogP contribution in [0, 0.1) is 17.7 Å². The van der Waals surface area contributed by atoms with Gasteiger partial charge in [0.2, 0.25) is 5.91 Å². The fraction of sp³-hybridized carbons (Fsp3) is 0.300. The molecule has 2 amide bonds. The molecule has 136 valence electrons. The molecule has 1 aliphatic rings. The van der Waals surface area contributed by atoms with E-state index in [1.54, 1.807) is 36.4 Å². The van der Waals surface area contributed by atoms with Crippen molar-refractivity contribution in [3.8, 4) is 0 Å². The molecule has 1 fully saturated rings. The Morgan fingerprint density at radius 1 is 1.12 bits per heavy atom. The van der Waals surface area contributed by atoms with Gasteiger partial charge in [-0.1, -0.05) is 19.1 Å². The Morgan fingerprint density at radius 3 is 2.35 bits per heavy atom. The lowest BCUT2D eigenvalue weighted by Gasteiger charge is -2.31. The fourth-order valence-corrected chi connectivity index (χ4v) is 2.73. The van der Waals surface area contributed by atoms with Crippen molar-refractivity contribution in [2.75, 3.05) is 18.4 Å². The van der Waals surface area contributed by atoms with Gasteiger partial charge in [-0.25, -0.2) is 4.39 Å². The Bertz CT molecular complexity index is 771. The lowest BCUT2D eigenvalue weighted by molar-refractivity contribution is -0.121. The Hall–Kier alpha value is -2.73. The highest BCUT2D eigenvalue weighted by molar-refractivity contribution is 5.96. The van der Waals surface area contributed by atoms with Crippen LogP contribution >= 0.6 is 0 Å². The second-order valence-corrected chi connectivity index (χ2v) is 6.58. The van der Waals surface area contributed by atoms with Crippen LogP contribution in [0.25, 0.3) is 0 Å². The lowest BCUT2D eigenvalue weighted by atomic mass is 9.88. The highest BCUT2D eigenvalue weighted by atomic mass is 19.1. The van der Waals surface area contributed by atoms with Crippen LogP contribution in [0.3, 0.4) is 0 Å². The Kier molecular flexibility index (Phi) is 5.63. The van der Waals surface area contributed by atoms with Crippen LogP contribution in [0.5, 0.6) is 0 Å². The van der Waals surface area contributed by atoms with Crippen LogP contribution in [0.2, 0.25) is 0 Å². The summed E-state index contributed by atoms with van der Waals surface area (Å²) in [7, 11) is 0. The van der Waals surface area contributed by atoms with Gasteiger partial charge in [-0.05, 0) is 61.0 Å². The number of hydrogen-bond donors (Lipinski definition) is 3. The summed E-state index contributed by atoms with van der Waals surface area (Å²) in [6.07, 6.45) is 0. The first-order chi connectivity index (χ1) is 12.5. The third-order valence-corrected chi connectivity index (χ3v) is 4.71. The topological polar surface area (TPSA) is 70.2 Å². The van der Waals surface area contributed by atoms with E-state index in [-0.39, 0.29) is 23.5 Å². The summed E-state index contributed by atoms with van der Waals surface area (Å²) in [6.45, 7) is 4.01. The molecule has 2 aromatic rings. The summed E-state index contributed by atoms with van der Waals surface area (Å²) in [4.78, 5) is 24.4. The van der Waals surface area contributed by atoms with Gasteiger partial charge in [0.25, 0.3) is 5.91 Å². The fourth-order valence-electron chi connectivity index (χ4n) is 2.73. The molecule has 0 saturated carbocycles. The highest BCUT2D eigenvalue weighted by Gasteiger charge is 2.28. The molecular weight excluding hydrogens is 333 g/mol. The molecule has 1 saturated heterocycles. The molecule has 5 nitrogen and oxygen atoms in total. The number of carbonyl (C=O) groups is 2. The van der Waals surface area contributed by atoms with E-state index in [0.717, 1.165) is 18.7 Å². The molecule has 1 unspecified atom stereocenters. The summed E-state index contributed by atoms with van der Waals surface area (Å²) in [5.41, 5.74) is 1.99. The maximum absolute atomic E-state index is 12.9. The molecule has 0 aliphatic carbocycles. The van der Waals surface area contributed by atoms with Gasteiger partial charge in [0.1, 0.15) is 5.82 Å². The Balaban J connectivity index is 1.52. The van der Waals surface area contributed by atoms with Crippen LogP contribution < -0.4 is 16.0 Å². The molecule has 1 aliphatic heterocycles. The average molecular weight is 355 g/mol. The predicted molar refractivity (Wildman–Crippen MR) is 98.2 cm³/mol. The number of benzene rings is 2. The van der Waals surface area contributed by atoms with Gasteiger partial charge in [-0.15, -0.1) is 0 Å². The second kappa shape index (κ2) is 8.10. The number of nitrogens with one attached hydrogen (secondary N) is 3. The zero-order valence-electron chi connectivity index (χ0n) is 14.6. The van der Waals surface area contributed by atoms with E-state index in [1.807, 2.05) is 6.92 Å². The summed E-state index contributed by atoms with van der Waals surface area (Å²) in [5.74, 6) is -0.201. The van der Waals surface area contributed by atoms with Crippen LogP contribution in [0.15, 0.2) is 48.5 Å². The van der Waals surface area contributed by atoms with Crippen molar-refractivity contribution in [3.05, 3.63) is 65.5 Å². The average Bonchev–Trinajstić information content (AvgIpc) is 2.60. The van der Waals surface area contributed by atoms with Gasteiger partial charge in [0.15, 0.2) is 0 Å². The van der Waals surface area contributed by atoms with Crippen molar-refractivity contribution in [2.24, 2.45) is 11.8 Å². The second-order valence-electron chi connectivity index (χ2n) is 6.58. The van der Waals surface area contributed by atoms with E-state index in [9.17, 15) is 14.0 Å². The van der Waals surface area contributed by atoms with Crippen molar-refractivity contribution >= 4 is 17.5 Å². The van der Waals surface area contributed by atoms with Crippen LogP contribution in [0.4, 0.5) is 10.1 Å². The smallest absolute Gasteiger partial charge is 0.251 e. The van der Waals surface area contributed by atoms with E-state index in [2.05, 4.69) is 16.0 Å². The summed E-state index contributed by atoms with van der Waals surface area (Å²) in [5, 5.41) is 8.84. The number of halogens is 1. The van der Waals surface area contributed by atoms with Crippen LogP contribution in [-0.2, 0) is 11.3 Å². The third kappa shape index (κ3) is 4.46. The zero-order chi connectivity index (χ0) is 18.5. The first-order valence-electron chi connectivity index (χ1n) is 8.67. The minimum atomic E-state index is -0.305. The van der Waals surface area contributed by atoms with E-state index in [1.165, 1.54) is 12.1 Å². The van der Waals surface area contributed by atoms with Crippen molar-refractivity contribution in [2.45, 2.75) is 13.5 Å². The van der Waals surface area contributed by atoms with E-state index >= 15 is 0 Å². The summed E-state index contributed by atoms with van der Waals surface area (Å²) >= 11 is 0. The maximum Gasteiger partial charge on any atom is 0.251 e. The van der Waals surface area contributed by atoms with Gasteiger partial charge >= 0.3 is 0 Å². The molecule has 1 heterocycles. The monoisotopic (exact) mass is 355 g/mol. The quantitative estimate of drug-likeness (QED) is 0.746. The lowest BCUT2D eigenvalue weighted by Crippen LogP contribution is -2.48. The number of rotatable bonds is 6. The normalized spacial score (nSPS) is 15.0. The molecule has 0 bridgehead atoms. The molecule has 0 spiro atoms. The van der Waals surface area contributed by atoms with E-state index in [4.69, 9.17) is 0 Å². The van der Waals surface area contributed by atoms with Crippen molar-refractivity contribution in [1.82, 2.24) is 10.6 Å². The number of anilines is 1. The Labute approximate surface area is 152 Å². The van der Waals surface area contributed by atoms with Gasteiger partial charge < -0.3 is 16.0 Å². The van der Waals surface area contributed by atoms with Gasteiger partial charge in [0.05, 0.1) is 0 Å². The van der Waals surface area contributed by atoms with Crippen molar-refractivity contribution in [1.29, 1.82) is 0 Å². The van der Waals surface area contributed by atoms with Crippen molar-refractivity contribution in [3.63, 3.8) is 0 Å². The molecule has 2 aromatic carbocycles. The molecule has 0 radical (unpaired) electrons. The maximum atomic E-state index is 12.9. The largest absolute Gasteiger partial charge is 0.348 e. The Morgan fingerprint density at radius 2 is 1.77 bits per heavy atom. The van der Waals surface area contributed by atoms with Gasteiger partial charge in [0, 0.05) is 23.7 Å².